The molecule has 0 radical (unpaired) electrons. The van der Waals surface area contributed by atoms with E-state index in [1.54, 1.807) is 6.20 Å². The summed E-state index contributed by atoms with van der Waals surface area (Å²) in [4.78, 5) is 24.7. The minimum Gasteiger partial charge on any atom is -0.350 e. The summed E-state index contributed by atoms with van der Waals surface area (Å²) in [7, 11) is 0. The molecular weight excluding hydrogens is 432 g/mol. The maximum atomic E-state index is 12.9. The first-order valence-corrected chi connectivity index (χ1v) is 12.0. The molecule has 2 aromatic carbocycles. The molecule has 1 aromatic heterocycles. The number of hydrogen-bond donors (Lipinski definition) is 1. The lowest BCUT2D eigenvalue weighted by Crippen LogP contribution is -2.32. The molecule has 1 saturated heterocycles. The molecule has 3 aromatic rings. The zero-order valence-electron chi connectivity index (χ0n) is 19.5. The van der Waals surface area contributed by atoms with Crippen LogP contribution in [0, 0.1) is 6.92 Å². The molecule has 1 atom stereocenters. The van der Waals surface area contributed by atoms with Gasteiger partial charge < -0.3 is 10.2 Å². The molecule has 172 valence electrons. The van der Waals surface area contributed by atoms with Crippen molar-refractivity contribution >= 4 is 23.5 Å². The molecule has 1 aliphatic rings. The predicted molar refractivity (Wildman–Crippen MR) is 134 cm³/mol. The first kappa shape index (κ1) is 23.2. The maximum absolute atomic E-state index is 12.9. The molecule has 0 unspecified atom stereocenters. The van der Waals surface area contributed by atoms with Gasteiger partial charge in [-0.3, -0.25) is 4.79 Å². The number of hydrogen-bond acceptors (Lipinski definition) is 4. The van der Waals surface area contributed by atoms with E-state index in [0.29, 0.717) is 17.9 Å². The topological polar surface area (TPSA) is 58.1 Å². The van der Waals surface area contributed by atoms with Gasteiger partial charge in [0.1, 0.15) is 0 Å². The van der Waals surface area contributed by atoms with Gasteiger partial charge in [-0.1, -0.05) is 48.0 Å². The van der Waals surface area contributed by atoms with Crippen LogP contribution in [0.25, 0.3) is 0 Å². The van der Waals surface area contributed by atoms with E-state index in [0.717, 1.165) is 36.5 Å². The Morgan fingerprint density at radius 1 is 1.15 bits per heavy atom. The van der Waals surface area contributed by atoms with Crippen LogP contribution in [0.3, 0.4) is 0 Å². The minimum absolute atomic E-state index is 0.0502. The highest BCUT2D eigenvalue weighted by Gasteiger charge is 2.29. The SMILES string of the molecule is Cc1ccccc1CCc1nc(N2CCC[C@H]2c2ccc(Cl)cc2)ncc1C(=O)NC(C)C. The van der Waals surface area contributed by atoms with Crippen LogP contribution >= 0.6 is 11.6 Å². The molecule has 0 spiro atoms. The van der Waals surface area contributed by atoms with Crippen molar-refractivity contribution in [1.82, 2.24) is 15.3 Å². The summed E-state index contributed by atoms with van der Waals surface area (Å²) in [6.45, 7) is 6.93. The molecule has 1 amide bonds. The van der Waals surface area contributed by atoms with Gasteiger partial charge in [-0.2, -0.15) is 0 Å². The summed E-state index contributed by atoms with van der Waals surface area (Å²) < 4.78 is 0. The minimum atomic E-state index is -0.119. The summed E-state index contributed by atoms with van der Waals surface area (Å²) >= 11 is 6.10. The molecule has 0 saturated carbocycles. The van der Waals surface area contributed by atoms with Crippen molar-refractivity contribution in [3.05, 3.63) is 87.7 Å². The molecule has 5 nitrogen and oxygen atoms in total. The van der Waals surface area contributed by atoms with Crippen LogP contribution in [0.5, 0.6) is 0 Å². The van der Waals surface area contributed by atoms with Crippen LogP contribution < -0.4 is 10.2 Å². The lowest BCUT2D eigenvalue weighted by Gasteiger charge is -2.26. The number of aryl methyl sites for hydroxylation is 3. The highest BCUT2D eigenvalue weighted by Crippen LogP contribution is 2.35. The highest BCUT2D eigenvalue weighted by molar-refractivity contribution is 6.30. The third-order valence-electron chi connectivity index (χ3n) is 6.18. The third-order valence-corrected chi connectivity index (χ3v) is 6.43. The van der Waals surface area contributed by atoms with Gasteiger partial charge in [-0.25, -0.2) is 9.97 Å². The second kappa shape index (κ2) is 10.3. The van der Waals surface area contributed by atoms with Gasteiger partial charge in [0.25, 0.3) is 5.91 Å². The normalized spacial score (nSPS) is 15.8. The van der Waals surface area contributed by atoms with Gasteiger partial charge in [-0.15, -0.1) is 0 Å². The van der Waals surface area contributed by atoms with Gasteiger partial charge >= 0.3 is 0 Å². The average Bonchev–Trinajstić information content (AvgIpc) is 3.28. The summed E-state index contributed by atoms with van der Waals surface area (Å²) in [5.41, 5.74) is 5.09. The van der Waals surface area contributed by atoms with Crippen molar-refractivity contribution in [3.8, 4) is 0 Å². The summed E-state index contributed by atoms with van der Waals surface area (Å²) in [5, 5.41) is 3.73. The van der Waals surface area contributed by atoms with Gasteiger partial charge in [0.2, 0.25) is 5.95 Å². The van der Waals surface area contributed by atoms with Crippen LogP contribution in [0.15, 0.2) is 54.7 Å². The number of amides is 1. The van der Waals surface area contributed by atoms with E-state index in [-0.39, 0.29) is 18.0 Å². The molecule has 0 aliphatic carbocycles. The largest absolute Gasteiger partial charge is 0.350 e. The lowest BCUT2D eigenvalue weighted by molar-refractivity contribution is 0.0941. The number of rotatable bonds is 7. The first-order valence-electron chi connectivity index (χ1n) is 11.7. The van der Waals surface area contributed by atoms with E-state index < -0.39 is 0 Å². The van der Waals surface area contributed by atoms with Crippen molar-refractivity contribution in [2.45, 2.75) is 58.5 Å². The number of carbonyl (C=O) groups excluding carboxylic acids is 1. The van der Waals surface area contributed by atoms with E-state index in [9.17, 15) is 4.79 Å². The molecule has 4 rings (SSSR count). The van der Waals surface area contributed by atoms with Crippen molar-refractivity contribution in [2.24, 2.45) is 0 Å². The Morgan fingerprint density at radius 2 is 1.91 bits per heavy atom. The van der Waals surface area contributed by atoms with E-state index >= 15 is 0 Å². The number of anilines is 1. The van der Waals surface area contributed by atoms with Gasteiger partial charge in [0, 0.05) is 23.8 Å². The molecule has 2 heterocycles. The summed E-state index contributed by atoms with van der Waals surface area (Å²) in [6, 6.07) is 16.6. The number of aromatic nitrogens is 2. The fraction of sp³-hybridized carbons (Fsp3) is 0.370. The zero-order valence-corrected chi connectivity index (χ0v) is 20.3. The number of halogens is 1. The molecule has 33 heavy (non-hydrogen) atoms. The third kappa shape index (κ3) is 5.53. The van der Waals surface area contributed by atoms with Crippen LogP contribution in [-0.2, 0) is 12.8 Å². The Kier molecular flexibility index (Phi) is 7.29. The number of carbonyl (C=O) groups is 1. The van der Waals surface area contributed by atoms with Crippen molar-refractivity contribution in [1.29, 1.82) is 0 Å². The Balaban J connectivity index is 1.64. The van der Waals surface area contributed by atoms with E-state index in [1.807, 2.05) is 32.0 Å². The van der Waals surface area contributed by atoms with Gasteiger partial charge in [0.15, 0.2) is 0 Å². The second-order valence-electron chi connectivity index (χ2n) is 8.99. The molecule has 1 fully saturated rings. The second-order valence-corrected chi connectivity index (χ2v) is 9.42. The Bertz CT molecular complexity index is 1110. The quantitative estimate of drug-likeness (QED) is 0.489. The average molecular weight is 463 g/mol. The standard InChI is InChI=1S/C27H31ClN4O/c1-18(2)30-26(33)23-17-29-27(31-24(23)15-12-20-8-5-4-7-19(20)3)32-16-6-9-25(32)21-10-13-22(28)14-11-21/h4-5,7-8,10-11,13-14,17-18,25H,6,9,12,15-16H2,1-3H3,(H,30,33)/t25-/m0/s1. The summed E-state index contributed by atoms with van der Waals surface area (Å²) in [6.07, 6.45) is 5.32. The molecule has 6 heteroatoms. The van der Waals surface area contributed by atoms with E-state index in [1.165, 1.54) is 16.7 Å². The smallest absolute Gasteiger partial charge is 0.254 e. The van der Waals surface area contributed by atoms with Crippen LogP contribution in [0.1, 0.15) is 65.5 Å². The van der Waals surface area contributed by atoms with Crippen LogP contribution in [-0.4, -0.2) is 28.5 Å². The Labute approximate surface area is 201 Å². The number of nitrogens with one attached hydrogen (secondary N) is 1. The molecule has 0 bridgehead atoms. The molecule has 1 aliphatic heterocycles. The van der Waals surface area contributed by atoms with Crippen molar-refractivity contribution < 1.29 is 4.79 Å². The summed E-state index contributed by atoms with van der Waals surface area (Å²) in [5.74, 6) is 0.570. The molecular formula is C27H31ClN4O. The van der Waals surface area contributed by atoms with Crippen molar-refractivity contribution in [3.63, 3.8) is 0 Å². The monoisotopic (exact) mass is 462 g/mol. The van der Waals surface area contributed by atoms with Gasteiger partial charge in [-0.05, 0) is 75.3 Å². The molecule has 1 N–H and O–H groups in total. The fourth-order valence-corrected chi connectivity index (χ4v) is 4.57. The number of benzene rings is 2. The van der Waals surface area contributed by atoms with Crippen molar-refractivity contribution in [2.75, 3.05) is 11.4 Å². The Morgan fingerprint density at radius 3 is 2.64 bits per heavy atom. The number of nitrogens with zero attached hydrogens (tertiary/aromatic N) is 3. The maximum Gasteiger partial charge on any atom is 0.254 e. The van der Waals surface area contributed by atoms with E-state index in [4.69, 9.17) is 16.6 Å². The lowest BCUT2D eigenvalue weighted by atomic mass is 10.0. The van der Waals surface area contributed by atoms with Gasteiger partial charge in [0.05, 0.1) is 17.3 Å². The van der Waals surface area contributed by atoms with Crippen LogP contribution in [0.4, 0.5) is 5.95 Å². The van der Waals surface area contributed by atoms with Crippen LogP contribution in [0.2, 0.25) is 5.02 Å². The van der Waals surface area contributed by atoms with E-state index in [2.05, 4.69) is 52.5 Å². The highest BCUT2D eigenvalue weighted by atomic mass is 35.5. The Hall–Kier alpha value is -2.92. The predicted octanol–water partition coefficient (Wildman–Crippen LogP) is 5.70. The first-order chi connectivity index (χ1) is 15.9. The zero-order chi connectivity index (χ0) is 23.4. The fourth-order valence-electron chi connectivity index (χ4n) is 4.45.